The van der Waals surface area contributed by atoms with Crippen LogP contribution in [0.15, 0.2) is 30.3 Å². The van der Waals surface area contributed by atoms with E-state index in [0.717, 1.165) is 11.1 Å². The number of nitrogens with one attached hydrogen (secondary N) is 1. The van der Waals surface area contributed by atoms with Crippen LogP contribution < -0.4 is 5.32 Å². The SMILES string of the molecule is COC(=O)CCCNC(=O)COC(=O)/C=C/c1ccc(C)cc1. The van der Waals surface area contributed by atoms with E-state index in [0.29, 0.717) is 13.0 Å². The molecule has 0 aliphatic heterocycles. The minimum atomic E-state index is -0.588. The molecule has 1 N–H and O–H groups in total. The molecule has 0 saturated heterocycles. The third-order valence-corrected chi connectivity index (χ3v) is 2.94. The van der Waals surface area contributed by atoms with E-state index in [-0.39, 0.29) is 19.0 Å². The Balaban J connectivity index is 2.21. The minimum Gasteiger partial charge on any atom is -0.469 e. The zero-order chi connectivity index (χ0) is 17.1. The second-order valence-corrected chi connectivity index (χ2v) is 4.88. The molecule has 1 aromatic carbocycles. The van der Waals surface area contributed by atoms with Gasteiger partial charge in [-0.25, -0.2) is 4.79 Å². The fraction of sp³-hybridized carbons (Fsp3) is 0.353. The summed E-state index contributed by atoms with van der Waals surface area (Å²) in [5.74, 6) is -1.32. The van der Waals surface area contributed by atoms with Crippen molar-refractivity contribution in [2.75, 3.05) is 20.3 Å². The van der Waals surface area contributed by atoms with E-state index in [1.54, 1.807) is 6.08 Å². The summed E-state index contributed by atoms with van der Waals surface area (Å²) >= 11 is 0. The highest BCUT2D eigenvalue weighted by Crippen LogP contribution is 2.05. The number of carbonyl (C=O) groups is 3. The van der Waals surface area contributed by atoms with Crippen LogP contribution in [0.25, 0.3) is 6.08 Å². The summed E-state index contributed by atoms with van der Waals surface area (Å²) in [5.41, 5.74) is 2.01. The summed E-state index contributed by atoms with van der Waals surface area (Å²) in [6, 6.07) is 7.64. The fourth-order valence-corrected chi connectivity index (χ4v) is 1.64. The number of amides is 1. The molecular formula is C17H21NO5. The van der Waals surface area contributed by atoms with Gasteiger partial charge in [-0.1, -0.05) is 29.8 Å². The van der Waals surface area contributed by atoms with Gasteiger partial charge in [-0.15, -0.1) is 0 Å². The zero-order valence-electron chi connectivity index (χ0n) is 13.3. The summed E-state index contributed by atoms with van der Waals surface area (Å²) in [5, 5.41) is 2.55. The molecule has 6 nitrogen and oxygen atoms in total. The molecule has 1 aromatic rings. The van der Waals surface area contributed by atoms with Gasteiger partial charge < -0.3 is 14.8 Å². The quantitative estimate of drug-likeness (QED) is 0.447. The van der Waals surface area contributed by atoms with E-state index in [1.807, 2.05) is 31.2 Å². The van der Waals surface area contributed by atoms with Crippen LogP contribution in [-0.2, 0) is 23.9 Å². The maximum absolute atomic E-state index is 11.5. The molecule has 0 fully saturated rings. The Hall–Kier alpha value is -2.63. The number of esters is 2. The van der Waals surface area contributed by atoms with Crippen molar-refractivity contribution in [3.05, 3.63) is 41.5 Å². The molecule has 1 amide bonds. The van der Waals surface area contributed by atoms with Crippen molar-refractivity contribution in [1.82, 2.24) is 5.32 Å². The van der Waals surface area contributed by atoms with Crippen molar-refractivity contribution < 1.29 is 23.9 Å². The Kier molecular flexibility index (Phi) is 8.13. The van der Waals surface area contributed by atoms with Crippen molar-refractivity contribution in [3.8, 4) is 0 Å². The summed E-state index contributed by atoms with van der Waals surface area (Å²) in [6.07, 6.45) is 3.60. The molecule has 0 radical (unpaired) electrons. The number of aryl methyl sites for hydroxylation is 1. The number of hydrogen-bond acceptors (Lipinski definition) is 5. The van der Waals surface area contributed by atoms with Gasteiger partial charge in [0.1, 0.15) is 0 Å². The molecule has 0 saturated carbocycles. The number of hydrogen-bond donors (Lipinski definition) is 1. The Bertz CT molecular complexity index is 563. The molecule has 23 heavy (non-hydrogen) atoms. The molecule has 0 spiro atoms. The van der Waals surface area contributed by atoms with Crippen molar-refractivity contribution in [3.63, 3.8) is 0 Å². The summed E-state index contributed by atoms with van der Waals surface area (Å²) < 4.78 is 9.30. The lowest BCUT2D eigenvalue weighted by Gasteiger charge is -2.04. The molecule has 124 valence electrons. The van der Waals surface area contributed by atoms with E-state index in [1.165, 1.54) is 13.2 Å². The molecule has 0 aliphatic rings. The number of methoxy groups -OCH3 is 1. The molecule has 0 bridgehead atoms. The summed E-state index contributed by atoms with van der Waals surface area (Å²) in [4.78, 5) is 33.8. The third-order valence-electron chi connectivity index (χ3n) is 2.94. The molecule has 0 heterocycles. The van der Waals surface area contributed by atoms with Crippen LogP contribution in [0.4, 0.5) is 0 Å². The first kappa shape index (κ1) is 18.4. The van der Waals surface area contributed by atoms with Crippen LogP contribution in [0.5, 0.6) is 0 Å². The first-order valence-corrected chi connectivity index (χ1v) is 7.26. The van der Waals surface area contributed by atoms with Crippen molar-refractivity contribution >= 4 is 23.9 Å². The van der Waals surface area contributed by atoms with Gasteiger partial charge in [0.25, 0.3) is 5.91 Å². The normalized spacial score (nSPS) is 10.3. The van der Waals surface area contributed by atoms with Gasteiger partial charge in [0.15, 0.2) is 6.61 Å². The lowest BCUT2D eigenvalue weighted by molar-refractivity contribution is -0.143. The van der Waals surface area contributed by atoms with Crippen LogP contribution in [0.1, 0.15) is 24.0 Å². The Morgan fingerprint density at radius 1 is 1.17 bits per heavy atom. The number of rotatable bonds is 8. The lowest BCUT2D eigenvalue weighted by Crippen LogP contribution is -2.29. The molecular weight excluding hydrogens is 298 g/mol. The third kappa shape index (κ3) is 8.40. The lowest BCUT2D eigenvalue weighted by atomic mass is 10.1. The highest BCUT2D eigenvalue weighted by molar-refractivity contribution is 5.89. The van der Waals surface area contributed by atoms with Gasteiger partial charge in [-0.3, -0.25) is 9.59 Å². The van der Waals surface area contributed by atoms with Crippen molar-refractivity contribution in [1.29, 1.82) is 0 Å². The van der Waals surface area contributed by atoms with E-state index in [2.05, 4.69) is 10.1 Å². The molecule has 0 aliphatic carbocycles. The summed E-state index contributed by atoms with van der Waals surface area (Å²) in [6.45, 7) is 1.95. The topological polar surface area (TPSA) is 81.7 Å². The smallest absolute Gasteiger partial charge is 0.331 e. The average Bonchev–Trinajstić information content (AvgIpc) is 2.56. The first-order chi connectivity index (χ1) is 11.0. The maximum atomic E-state index is 11.5. The number of benzene rings is 1. The predicted octanol–water partition coefficient (Wildman–Crippen LogP) is 1.62. The standard InChI is InChI=1S/C17H21NO5/c1-13-5-7-14(8-6-13)9-10-17(21)23-12-15(19)18-11-3-4-16(20)22-2/h5-10H,3-4,11-12H2,1-2H3,(H,18,19)/b10-9+. The predicted molar refractivity (Wildman–Crippen MR) is 85.4 cm³/mol. The highest BCUT2D eigenvalue weighted by Gasteiger charge is 2.05. The van der Waals surface area contributed by atoms with Crippen molar-refractivity contribution in [2.45, 2.75) is 19.8 Å². The van der Waals surface area contributed by atoms with Gasteiger partial charge in [-0.2, -0.15) is 0 Å². The fourth-order valence-electron chi connectivity index (χ4n) is 1.64. The molecule has 6 heteroatoms. The van der Waals surface area contributed by atoms with E-state index in [9.17, 15) is 14.4 Å². The molecule has 0 atom stereocenters. The maximum Gasteiger partial charge on any atom is 0.331 e. The van der Waals surface area contributed by atoms with Crippen LogP contribution in [-0.4, -0.2) is 38.1 Å². The van der Waals surface area contributed by atoms with Crippen LogP contribution >= 0.6 is 0 Å². The Morgan fingerprint density at radius 3 is 2.52 bits per heavy atom. The average molecular weight is 319 g/mol. The second kappa shape index (κ2) is 10.2. The van der Waals surface area contributed by atoms with E-state index in [4.69, 9.17) is 4.74 Å². The van der Waals surface area contributed by atoms with Crippen LogP contribution in [0.3, 0.4) is 0 Å². The van der Waals surface area contributed by atoms with Gasteiger partial charge in [0, 0.05) is 19.0 Å². The monoisotopic (exact) mass is 319 g/mol. The van der Waals surface area contributed by atoms with Crippen LogP contribution in [0, 0.1) is 6.92 Å². The van der Waals surface area contributed by atoms with Gasteiger partial charge in [-0.05, 0) is 25.0 Å². The van der Waals surface area contributed by atoms with Crippen LogP contribution in [0.2, 0.25) is 0 Å². The zero-order valence-corrected chi connectivity index (χ0v) is 13.3. The minimum absolute atomic E-state index is 0.232. The van der Waals surface area contributed by atoms with Crippen molar-refractivity contribution in [2.24, 2.45) is 0 Å². The van der Waals surface area contributed by atoms with Gasteiger partial charge >= 0.3 is 11.9 Å². The molecule has 0 aromatic heterocycles. The Labute approximate surface area is 135 Å². The van der Waals surface area contributed by atoms with E-state index < -0.39 is 11.9 Å². The number of carbonyl (C=O) groups excluding carboxylic acids is 3. The molecule has 0 unspecified atom stereocenters. The Morgan fingerprint density at radius 2 is 1.87 bits per heavy atom. The number of ether oxygens (including phenoxy) is 2. The molecule has 1 rings (SSSR count). The van der Waals surface area contributed by atoms with Gasteiger partial charge in [0.2, 0.25) is 0 Å². The van der Waals surface area contributed by atoms with Gasteiger partial charge in [0.05, 0.1) is 7.11 Å². The first-order valence-electron chi connectivity index (χ1n) is 7.26. The summed E-state index contributed by atoms with van der Waals surface area (Å²) in [7, 11) is 1.31. The largest absolute Gasteiger partial charge is 0.469 e. The highest BCUT2D eigenvalue weighted by atomic mass is 16.5. The second-order valence-electron chi connectivity index (χ2n) is 4.88. The van der Waals surface area contributed by atoms with E-state index >= 15 is 0 Å².